The Morgan fingerprint density at radius 3 is 0.906 bits per heavy atom. The van der Waals surface area contributed by atoms with Gasteiger partial charge in [0.2, 0.25) is 0 Å². The topological polar surface area (TPSA) is 178 Å². The minimum absolute atomic E-state index is 0. The van der Waals surface area contributed by atoms with Crippen LogP contribution in [0.15, 0.2) is 0 Å². The van der Waals surface area contributed by atoms with Crippen LogP contribution in [0, 0.1) is 0 Å². The largest absolute Gasteiger partial charge is 2.00 e. The summed E-state index contributed by atoms with van der Waals surface area (Å²) in [5, 5.41) is 41.3. The quantitative estimate of drug-likeness (QED) is 0.260. The summed E-state index contributed by atoms with van der Waals surface area (Å²) in [5.74, 6) is -5.67. The van der Waals surface area contributed by atoms with E-state index in [-0.39, 0.29) is 264 Å². The average Bonchev–Trinajstić information content (AvgIpc) is 1.99. The molecular formula is C7H27Fe8NO7S9-2. The molecule has 0 aliphatic rings. The normalized spacial score (nSPS) is 6.28. The molecule has 0 spiro atoms. The molecular weight excluding hydrogens is 945 g/mol. The molecule has 0 bridgehead atoms. The number of carbonyl (C=O) groups is 3. The Morgan fingerprint density at radius 1 is 0.562 bits per heavy atom. The SMILES string of the molecule is N.O=C([O-])CCC([O-])(CC(=O)[O-])C(=O)[O-].S.S.S.S.S.S.S.S.S.[Fe+2].[Fe].[Fe].[Fe].[Fe].[Fe].[Fe].[Fe]. The zero-order chi connectivity index (χ0) is 11.4. The molecule has 0 saturated heterocycles. The second kappa shape index (κ2) is 83.3. The Hall–Kier alpha value is 5.64. The Kier molecular flexibility index (Phi) is 379. The molecule has 0 radical (unpaired) electrons. The summed E-state index contributed by atoms with van der Waals surface area (Å²) >= 11 is 0. The molecule has 32 heavy (non-hydrogen) atoms. The summed E-state index contributed by atoms with van der Waals surface area (Å²) < 4.78 is 0. The number of carbonyl (C=O) groups excluding carboxylic acids is 3. The zero-order valence-electron chi connectivity index (χ0n) is 15.0. The molecule has 0 amide bonds. The number of carboxylic acid groups (broad SMARTS) is 3. The predicted octanol–water partition coefficient (Wildman–Crippen LogP) is -4.34. The van der Waals surface area contributed by atoms with E-state index in [1.807, 2.05) is 0 Å². The van der Waals surface area contributed by atoms with Crippen LogP contribution in [-0.2, 0) is 151 Å². The van der Waals surface area contributed by atoms with Crippen LogP contribution in [0.3, 0.4) is 0 Å². The van der Waals surface area contributed by atoms with Crippen LogP contribution in [0.4, 0.5) is 0 Å². The van der Waals surface area contributed by atoms with Crippen molar-refractivity contribution in [3.05, 3.63) is 0 Å². The summed E-state index contributed by atoms with van der Waals surface area (Å²) in [6.45, 7) is 0. The molecule has 0 aromatic heterocycles. The van der Waals surface area contributed by atoms with Crippen molar-refractivity contribution in [2.24, 2.45) is 0 Å². The molecule has 3 N–H and O–H groups in total. The van der Waals surface area contributed by atoms with Crippen LogP contribution >= 0.6 is 121 Å². The van der Waals surface area contributed by atoms with Gasteiger partial charge >= 0.3 is 17.1 Å². The van der Waals surface area contributed by atoms with E-state index in [4.69, 9.17) is 0 Å². The number of aliphatic carboxylic acids is 3. The van der Waals surface area contributed by atoms with E-state index < -0.39 is 42.8 Å². The second-order valence-electron chi connectivity index (χ2n) is 2.70. The van der Waals surface area contributed by atoms with Gasteiger partial charge in [-0.2, -0.15) is 121 Å². The monoisotopic (exact) mass is 972 g/mol. The third-order valence-electron chi connectivity index (χ3n) is 1.53. The van der Waals surface area contributed by atoms with Crippen molar-refractivity contribution < 1.29 is 171 Å². The van der Waals surface area contributed by atoms with E-state index in [9.17, 15) is 34.8 Å². The van der Waals surface area contributed by atoms with Crippen LogP contribution in [0.2, 0.25) is 0 Å². The number of hydrogen-bond donors (Lipinski definition) is 1. The molecule has 0 saturated carbocycles. The van der Waals surface area contributed by atoms with Crippen LogP contribution in [0.25, 0.3) is 0 Å². The van der Waals surface area contributed by atoms with Crippen molar-refractivity contribution in [1.82, 2.24) is 6.15 Å². The Balaban J connectivity index is -0.00000000552. The van der Waals surface area contributed by atoms with Crippen molar-refractivity contribution in [1.29, 1.82) is 0 Å². The molecule has 1 unspecified atom stereocenters. The van der Waals surface area contributed by atoms with Crippen LogP contribution in [0.5, 0.6) is 0 Å². The van der Waals surface area contributed by atoms with Gasteiger partial charge in [0, 0.05) is 137 Å². The van der Waals surface area contributed by atoms with Crippen molar-refractivity contribution >= 4 is 139 Å². The number of rotatable bonds is 6. The average molecular weight is 973 g/mol. The standard InChI is InChI=1S/C7H9O7.8Fe.H3N.9H2S/c8-4(9)1-2-7(14,6(12)13)3-5(10)11;;;;;;;;;;;;;;;;;;/h1-3H2,(H,8,9)(H,10,11)(H,12,13);;;;;;;;;1H3;9*1H2/q-1;;;;;;;;+2;;;;;;;;;;/p-3. The summed E-state index contributed by atoms with van der Waals surface area (Å²) in [6, 6.07) is 0. The van der Waals surface area contributed by atoms with Gasteiger partial charge in [-0.05, 0) is 12.8 Å². The van der Waals surface area contributed by atoms with Crippen molar-refractivity contribution in [2.75, 3.05) is 0 Å². The van der Waals surface area contributed by atoms with Gasteiger partial charge in [0.15, 0.2) is 0 Å². The molecule has 0 fully saturated rings. The minimum Gasteiger partial charge on any atom is -0.845 e. The molecule has 0 heterocycles. The number of carboxylic acids is 3. The van der Waals surface area contributed by atoms with Gasteiger partial charge in [0.25, 0.3) is 0 Å². The fraction of sp³-hybridized carbons (Fsp3) is 0.571. The van der Waals surface area contributed by atoms with Crippen LogP contribution in [0.1, 0.15) is 19.3 Å². The Bertz CT molecular complexity index is 313. The fourth-order valence-corrected chi connectivity index (χ4v) is 0.800. The van der Waals surface area contributed by atoms with Crippen LogP contribution in [-0.4, -0.2) is 23.5 Å². The van der Waals surface area contributed by atoms with Crippen molar-refractivity contribution in [3.8, 4) is 0 Å². The van der Waals surface area contributed by atoms with E-state index in [0.717, 1.165) is 0 Å². The Labute approximate surface area is 336 Å². The first-order chi connectivity index (χ1) is 6.28. The Morgan fingerprint density at radius 2 is 0.781 bits per heavy atom. The van der Waals surface area contributed by atoms with Crippen molar-refractivity contribution in [3.63, 3.8) is 0 Å². The summed E-state index contributed by atoms with van der Waals surface area (Å²) in [5.41, 5.74) is -2.97. The first kappa shape index (κ1) is 145. The summed E-state index contributed by atoms with van der Waals surface area (Å²) in [7, 11) is 0. The van der Waals surface area contributed by atoms with Crippen molar-refractivity contribution in [2.45, 2.75) is 24.9 Å². The van der Waals surface area contributed by atoms with E-state index in [2.05, 4.69) is 0 Å². The summed E-state index contributed by atoms with van der Waals surface area (Å²) in [4.78, 5) is 30.2. The van der Waals surface area contributed by atoms with Gasteiger partial charge in [-0.1, -0.05) is 12.0 Å². The van der Waals surface area contributed by atoms with E-state index in [1.165, 1.54) is 0 Å². The van der Waals surface area contributed by atoms with Gasteiger partial charge in [-0.15, -0.1) is 0 Å². The molecule has 0 rings (SSSR count). The first-order valence-electron chi connectivity index (χ1n) is 3.59. The molecule has 0 aliphatic carbocycles. The molecule has 0 aliphatic heterocycles. The molecule has 8 nitrogen and oxygen atoms in total. The predicted molar refractivity (Wildman–Crippen MR) is 130 cm³/mol. The number of hydrogen-bond acceptors (Lipinski definition) is 8. The van der Waals surface area contributed by atoms with E-state index >= 15 is 0 Å². The third-order valence-corrected chi connectivity index (χ3v) is 1.53. The maximum atomic E-state index is 11.1. The summed E-state index contributed by atoms with van der Waals surface area (Å²) in [6.07, 6.45) is -3.08. The van der Waals surface area contributed by atoms with Gasteiger partial charge in [-0.25, -0.2) is 0 Å². The molecule has 25 heteroatoms. The molecule has 1 atom stereocenters. The third kappa shape index (κ3) is 83.4. The van der Waals surface area contributed by atoms with Crippen LogP contribution < -0.4 is 26.6 Å². The van der Waals surface area contributed by atoms with E-state index in [0.29, 0.717) is 0 Å². The maximum absolute atomic E-state index is 11.1. The minimum atomic E-state index is -2.97. The van der Waals surface area contributed by atoms with Gasteiger partial charge < -0.3 is 41.0 Å². The molecule has 0 aromatic rings. The maximum Gasteiger partial charge on any atom is 2.00 e. The second-order valence-corrected chi connectivity index (χ2v) is 2.70. The van der Waals surface area contributed by atoms with Gasteiger partial charge in [-0.3, -0.25) is 0 Å². The molecule has 0 aromatic carbocycles. The molecule has 222 valence electrons. The smallest absolute Gasteiger partial charge is 0.845 e. The van der Waals surface area contributed by atoms with Gasteiger partial charge in [0.1, 0.15) is 0 Å². The van der Waals surface area contributed by atoms with Gasteiger partial charge in [0.05, 0.1) is 0 Å². The zero-order valence-corrected chi connectivity index (χ0v) is 32.8. The fourth-order valence-electron chi connectivity index (χ4n) is 0.800. The van der Waals surface area contributed by atoms with E-state index in [1.54, 1.807) is 0 Å². The first-order valence-corrected chi connectivity index (χ1v) is 3.59.